The first-order chi connectivity index (χ1) is 10.2. The molecule has 1 saturated heterocycles. The van der Waals surface area contributed by atoms with Crippen LogP contribution in [0.4, 0.5) is 4.79 Å². The molecule has 2 N–H and O–H groups in total. The first-order valence-electron chi connectivity index (χ1n) is 7.60. The van der Waals surface area contributed by atoms with Gasteiger partial charge in [0.2, 0.25) is 5.91 Å². The Balaban J connectivity index is 2.05. The SMILES string of the molecule is CC(C)C(C)(C#N)NC(=O)CN1C(=O)NC2(CCCC2)C1=O. The van der Waals surface area contributed by atoms with Gasteiger partial charge in [-0.3, -0.25) is 14.5 Å². The lowest BCUT2D eigenvalue weighted by Crippen LogP contribution is -2.52. The zero-order chi connectivity index (χ0) is 16.5. The van der Waals surface area contributed by atoms with Crippen LogP contribution in [0.15, 0.2) is 0 Å². The fourth-order valence-electron chi connectivity index (χ4n) is 2.91. The molecule has 0 aromatic carbocycles. The quantitative estimate of drug-likeness (QED) is 0.753. The third-order valence-corrected chi connectivity index (χ3v) is 4.79. The Hall–Kier alpha value is -2.10. The summed E-state index contributed by atoms with van der Waals surface area (Å²) in [6.07, 6.45) is 3.03. The summed E-state index contributed by atoms with van der Waals surface area (Å²) in [6.45, 7) is 4.92. The molecule has 0 aromatic rings. The maximum Gasteiger partial charge on any atom is 0.325 e. The molecule has 2 aliphatic rings. The highest BCUT2D eigenvalue weighted by Gasteiger charge is 2.52. The number of imide groups is 1. The van der Waals surface area contributed by atoms with Crippen molar-refractivity contribution in [1.29, 1.82) is 5.26 Å². The van der Waals surface area contributed by atoms with Crippen molar-refractivity contribution in [2.45, 2.75) is 57.5 Å². The second-order valence-corrected chi connectivity index (χ2v) is 6.63. The van der Waals surface area contributed by atoms with Gasteiger partial charge in [-0.15, -0.1) is 0 Å². The summed E-state index contributed by atoms with van der Waals surface area (Å²) in [6, 6.07) is 1.55. The van der Waals surface area contributed by atoms with Gasteiger partial charge in [-0.25, -0.2) is 4.79 Å². The van der Waals surface area contributed by atoms with Gasteiger partial charge in [-0.05, 0) is 25.7 Å². The largest absolute Gasteiger partial charge is 0.336 e. The number of hydrogen-bond acceptors (Lipinski definition) is 4. The molecule has 1 aliphatic carbocycles. The number of rotatable bonds is 4. The Morgan fingerprint density at radius 2 is 2.05 bits per heavy atom. The number of nitrogens with zero attached hydrogens (tertiary/aromatic N) is 2. The van der Waals surface area contributed by atoms with Crippen LogP contribution in [0.2, 0.25) is 0 Å². The average Bonchev–Trinajstić information content (AvgIpc) is 3.00. The summed E-state index contributed by atoms with van der Waals surface area (Å²) >= 11 is 0. The zero-order valence-electron chi connectivity index (χ0n) is 13.2. The van der Waals surface area contributed by atoms with Crippen LogP contribution in [-0.2, 0) is 9.59 Å². The second-order valence-electron chi connectivity index (χ2n) is 6.63. The molecule has 120 valence electrons. The predicted octanol–water partition coefficient (Wildman–Crippen LogP) is 0.905. The van der Waals surface area contributed by atoms with E-state index in [4.69, 9.17) is 0 Å². The monoisotopic (exact) mass is 306 g/mol. The van der Waals surface area contributed by atoms with Crippen molar-refractivity contribution >= 4 is 17.8 Å². The molecule has 1 heterocycles. The molecule has 7 nitrogen and oxygen atoms in total. The van der Waals surface area contributed by atoms with E-state index in [1.54, 1.807) is 6.92 Å². The van der Waals surface area contributed by atoms with Crippen molar-refractivity contribution in [1.82, 2.24) is 15.5 Å². The summed E-state index contributed by atoms with van der Waals surface area (Å²) in [5, 5.41) is 14.6. The van der Waals surface area contributed by atoms with Crippen LogP contribution >= 0.6 is 0 Å². The van der Waals surface area contributed by atoms with Crippen molar-refractivity contribution in [2.75, 3.05) is 6.54 Å². The fourth-order valence-corrected chi connectivity index (χ4v) is 2.91. The van der Waals surface area contributed by atoms with E-state index >= 15 is 0 Å². The highest BCUT2D eigenvalue weighted by molar-refractivity contribution is 6.09. The van der Waals surface area contributed by atoms with E-state index in [1.807, 2.05) is 13.8 Å². The second kappa shape index (κ2) is 5.59. The minimum absolute atomic E-state index is 0.0919. The van der Waals surface area contributed by atoms with E-state index in [-0.39, 0.29) is 18.4 Å². The van der Waals surface area contributed by atoms with Crippen LogP contribution in [0.25, 0.3) is 0 Å². The highest BCUT2D eigenvalue weighted by Crippen LogP contribution is 2.34. The molecule has 22 heavy (non-hydrogen) atoms. The summed E-state index contributed by atoms with van der Waals surface area (Å²) in [5.41, 5.74) is -1.84. The maximum atomic E-state index is 12.4. The molecule has 2 fully saturated rings. The Morgan fingerprint density at radius 1 is 1.45 bits per heavy atom. The maximum absolute atomic E-state index is 12.4. The van der Waals surface area contributed by atoms with Gasteiger partial charge in [0.1, 0.15) is 17.6 Å². The first-order valence-corrected chi connectivity index (χ1v) is 7.60. The first kappa shape index (κ1) is 16.3. The Bertz CT molecular complexity index is 545. The standard InChI is InChI=1S/C15H22N4O3/c1-10(2)14(3,9-16)17-11(20)8-19-12(21)15(18-13(19)22)6-4-5-7-15/h10H,4-8H2,1-3H3,(H,17,20)(H,18,22). The van der Waals surface area contributed by atoms with Gasteiger partial charge in [0.15, 0.2) is 0 Å². The van der Waals surface area contributed by atoms with Crippen molar-refractivity contribution in [3.05, 3.63) is 0 Å². The summed E-state index contributed by atoms with van der Waals surface area (Å²) < 4.78 is 0. The Kier molecular flexibility index (Phi) is 4.14. The number of nitrogens with one attached hydrogen (secondary N) is 2. The number of carbonyl (C=O) groups excluding carboxylic acids is 3. The van der Waals surface area contributed by atoms with Gasteiger partial charge in [0.25, 0.3) is 5.91 Å². The smallest absolute Gasteiger partial charge is 0.325 e. The molecule has 1 aliphatic heterocycles. The van der Waals surface area contributed by atoms with E-state index in [0.29, 0.717) is 12.8 Å². The van der Waals surface area contributed by atoms with Crippen LogP contribution in [0.5, 0.6) is 0 Å². The van der Waals surface area contributed by atoms with E-state index in [9.17, 15) is 19.6 Å². The van der Waals surface area contributed by atoms with Crippen molar-refractivity contribution in [2.24, 2.45) is 5.92 Å². The molecule has 1 spiro atoms. The molecule has 2 rings (SSSR count). The number of hydrogen-bond donors (Lipinski definition) is 2. The van der Waals surface area contributed by atoms with Crippen molar-refractivity contribution in [3.63, 3.8) is 0 Å². The molecular formula is C15H22N4O3. The molecule has 0 aromatic heterocycles. The number of urea groups is 1. The summed E-state index contributed by atoms with van der Waals surface area (Å²) in [4.78, 5) is 37.5. The number of carbonyl (C=O) groups is 3. The van der Waals surface area contributed by atoms with Gasteiger partial charge >= 0.3 is 6.03 Å². The molecular weight excluding hydrogens is 284 g/mol. The molecule has 1 atom stereocenters. The normalized spacial score (nSPS) is 22.6. The third kappa shape index (κ3) is 2.65. The van der Waals surface area contributed by atoms with Crippen LogP contribution in [0.1, 0.15) is 46.5 Å². The van der Waals surface area contributed by atoms with Crippen molar-refractivity contribution in [3.8, 4) is 6.07 Å². The molecule has 1 unspecified atom stereocenters. The number of nitriles is 1. The fraction of sp³-hybridized carbons (Fsp3) is 0.733. The van der Waals surface area contributed by atoms with Crippen LogP contribution in [-0.4, -0.2) is 40.4 Å². The third-order valence-electron chi connectivity index (χ3n) is 4.79. The minimum atomic E-state index is -1.03. The lowest BCUT2D eigenvalue weighted by Gasteiger charge is -2.28. The van der Waals surface area contributed by atoms with Crippen LogP contribution in [0, 0.1) is 17.2 Å². The topological polar surface area (TPSA) is 102 Å². The lowest BCUT2D eigenvalue weighted by molar-refractivity contribution is -0.135. The molecule has 0 bridgehead atoms. The van der Waals surface area contributed by atoms with Gasteiger partial charge in [-0.1, -0.05) is 26.7 Å². The minimum Gasteiger partial charge on any atom is -0.336 e. The van der Waals surface area contributed by atoms with Crippen LogP contribution in [0.3, 0.4) is 0 Å². The van der Waals surface area contributed by atoms with Crippen molar-refractivity contribution < 1.29 is 14.4 Å². The Labute approximate surface area is 130 Å². The zero-order valence-corrected chi connectivity index (χ0v) is 13.2. The summed E-state index contributed by atoms with van der Waals surface area (Å²) in [5.74, 6) is -0.921. The van der Waals surface area contributed by atoms with E-state index in [2.05, 4.69) is 16.7 Å². The Morgan fingerprint density at radius 3 is 2.55 bits per heavy atom. The van der Waals surface area contributed by atoms with E-state index in [0.717, 1.165) is 17.7 Å². The molecule has 1 saturated carbocycles. The highest BCUT2D eigenvalue weighted by atomic mass is 16.2. The predicted molar refractivity (Wildman–Crippen MR) is 78.4 cm³/mol. The van der Waals surface area contributed by atoms with E-state index < -0.39 is 23.0 Å². The molecule has 0 radical (unpaired) electrons. The van der Waals surface area contributed by atoms with Gasteiger partial charge in [0, 0.05) is 0 Å². The number of amides is 4. The van der Waals surface area contributed by atoms with Gasteiger partial charge < -0.3 is 10.6 Å². The molecule has 4 amide bonds. The molecule has 7 heteroatoms. The average molecular weight is 306 g/mol. The summed E-state index contributed by atoms with van der Waals surface area (Å²) in [7, 11) is 0. The van der Waals surface area contributed by atoms with E-state index in [1.165, 1.54) is 0 Å². The van der Waals surface area contributed by atoms with Gasteiger partial charge in [0.05, 0.1) is 6.07 Å². The van der Waals surface area contributed by atoms with Crippen LogP contribution < -0.4 is 10.6 Å². The lowest BCUT2D eigenvalue weighted by atomic mass is 9.90. The van der Waals surface area contributed by atoms with Gasteiger partial charge in [-0.2, -0.15) is 5.26 Å².